The minimum Gasteiger partial charge on any atom is -0.495 e. The van der Waals surface area contributed by atoms with Crippen LogP contribution in [-0.2, 0) is 4.74 Å². The van der Waals surface area contributed by atoms with E-state index in [4.69, 9.17) is 14.2 Å². The summed E-state index contributed by atoms with van der Waals surface area (Å²) in [6.45, 7) is 3.75. The van der Waals surface area contributed by atoms with E-state index in [9.17, 15) is 9.59 Å². The first-order valence-electron chi connectivity index (χ1n) is 13.6. The summed E-state index contributed by atoms with van der Waals surface area (Å²) in [6, 6.07) is 12.0. The van der Waals surface area contributed by atoms with E-state index >= 15 is 0 Å². The van der Waals surface area contributed by atoms with Crippen LogP contribution in [0.1, 0.15) is 91.8 Å². The molecule has 0 unspecified atom stereocenters. The van der Waals surface area contributed by atoms with Crippen LogP contribution in [0, 0.1) is 0 Å². The average Bonchev–Trinajstić information content (AvgIpc) is 2.92. The third-order valence-corrected chi connectivity index (χ3v) is 6.18. The smallest absolute Gasteiger partial charge is 0.255 e. The van der Waals surface area contributed by atoms with Crippen LogP contribution in [0.5, 0.6) is 11.5 Å². The summed E-state index contributed by atoms with van der Waals surface area (Å²) < 4.78 is 16.2. The number of nitrogens with one attached hydrogen (secondary N) is 2. The van der Waals surface area contributed by atoms with Gasteiger partial charge in [0.05, 0.1) is 26.0 Å². The third kappa shape index (κ3) is 11.7. The van der Waals surface area contributed by atoms with Gasteiger partial charge in [0, 0.05) is 24.8 Å². The van der Waals surface area contributed by atoms with E-state index in [1.165, 1.54) is 64.9 Å². The van der Waals surface area contributed by atoms with Gasteiger partial charge in [-0.25, -0.2) is 0 Å². The Labute approximate surface area is 222 Å². The Balaban J connectivity index is 1.76. The van der Waals surface area contributed by atoms with Gasteiger partial charge < -0.3 is 24.8 Å². The number of benzene rings is 2. The molecule has 0 heterocycles. The van der Waals surface area contributed by atoms with Gasteiger partial charge in [-0.3, -0.25) is 9.59 Å². The van der Waals surface area contributed by atoms with Crippen LogP contribution >= 0.6 is 0 Å². The fourth-order valence-electron chi connectivity index (χ4n) is 3.99. The number of anilines is 1. The summed E-state index contributed by atoms with van der Waals surface area (Å²) in [7, 11) is 3.09. The quantitative estimate of drug-likeness (QED) is 0.207. The topological polar surface area (TPSA) is 85.9 Å². The van der Waals surface area contributed by atoms with Crippen LogP contribution in [0.2, 0.25) is 0 Å². The second-order valence-corrected chi connectivity index (χ2v) is 9.17. The minimum atomic E-state index is -0.295. The Morgan fingerprint density at radius 3 is 1.97 bits per heavy atom. The first-order valence-corrected chi connectivity index (χ1v) is 13.6. The van der Waals surface area contributed by atoms with Crippen molar-refractivity contribution in [1.29, 1.82) is 0 Å². The van der Waals surface area contributed by atoms with E-state index in [2.05, 4.69) is 17.6 Å². The number of methoxy groups -OCH3 is 2. The summed E-state index contributed by atoms with van der Waals surface area (Å²) >= 11 is 0. The first kappa shape index (κ1) is 30.2. The van der Waals surface area contributed by atoms with E-state index < -0.39 is 0 Å². The van der Waals surface area contributed by atoms with Crippen molar-refractivity contribution in [3.05, 3.63) is 53.6 Å². The van der Waals surface area contributed by atoms with Crippen LogP contribution in [0.15, 0.2) is 42.5 Å². The molecule has 7 heteroatoms. The first-order chi connectivity index (χ1) is 18.1. The van der Waals surface area contributed by atoms with Crippen molar-refractivity contribution in [2.75, 3.05) is 39.3 Å². The van der Waals surface area contributed by atoms with Crippen LogP contribution in [-0.4, -0.2) is 45.8 Å². The molecule has 7 nitrogen and oxygen atoms in total. The van der Waals surface area contributed by atoms with Gasteiger partial charge in [0.15, 0.2) is 0 Å². The van der Waals surface area contributed by atoms with Gasteiger partial charge in [-0.05, 0) is 48.9 Å². The molecular weight excluding hydrogens is 468 g/mol. The molecule has 2 aromatic carbocycles. The molecule has 0 atom stereocenters. The predicted molar refractivity (Wildman–Crippen MR) is 149 cm³/mol. The number of rotatable bonds is 19. The van der Waals surface area contributed by atoms with Gasteiger partial charge in [-0.2, -0.15) is 0 Å². The van der Waals surface area contributed by atoms with Crippen molar-refractivity contribution < 1.29 is 23.8 Å². The highest BCUT2D eigenvalue weighted by Crippen LogP contribution is 2.26. The van der Waals surface area contributed by atoms with E-state index in [1.54, 1.807) is 37.4 Å². The fourth-order valence-corrected chi connectivity index (χ4v) is 3.99. The van der Waals surface area contributed by atoms with E-state index in [-0.39, 0.29) is 11.8 Å². The molecule has 0 aliphatic heterocycles. The van der Waals surface area contributed by atoms with Crippen molar-refractivity contribution in [2.45, 2.75) is 71.1 Å². The lowest BCUT2D eigenvalue weighted by Crippen LogP contribution is -2.27. The van der Waals surface area contributed by atoms with Crippen LogP contribution in [0.25, 0.3) is 0 Å². The van der Waals surface area contributed by atoms with Crippen LogP contribution in [0.3, 0.4) is 0 Å². The maximum atomic E-state index is 12.8. The van der Waals surface area contributed by atoms with Crippen molar-refractivity contribution in [3.8, 4) is 11.5 Å². The molecule has 0 aliphatic carbocycles. The highest BCUT2D eigenvalue weighted by Gasteiger charge is 2.14. The number of ether oxygens (including phenoxy) is 3. The standard InChI is InChI=1S/C30H44N2O5/c1-4-5-6-7-8-9-10-11-12-13-21-37-26-17-14-24(15-18-26)30(34)32-27-23-25(16-19-28(27)36-3)29(33)31-20-22-35-2/h14-19,23H,4-13,20-22H2,1-3H3,(H,31,33)(H,32,34). The van der Waals surface area contributed by atoms with Crippen LogP contribution < -0.4 is 20.1 Å². The number of carbonyl (C=O) groups excluding carboxylic acids is 2. The minimum absolute atomic E-state index is 0.251. The normalized spacial score (nSPS) is 10.7. The molecule has 0 aromatic heterocycles. The largest absolute Gasteiger partial charge is 0.495 e. The molecule has 2 N–H and O–H groups in total. The molecular formula is C30H44N2O5. The molecule has 204 valence electrons. The molecule has 37 heavy (non-hydrogen) atoms. The molecule has 0 radical (unpaired) electrons. The average molecular weight is 513 g/mol. The van der Waals surface area contributed by atoms with Crippen molar-refractivity contribution in [2.24, 2.45) is 0 Å². The summed E-state index contributed by atoms with van der Waals surface area (Å²) in [6.07, 6.45) is 12.9. The molecule has 0 fully saturated rings. The van der Waals surface area contributed by atoms with Gasteiger partial charge in [0.25, 0.3) is 11.8 Å². The molecule has 2 amide bonds. The lowest BCUT2D eigenvalue weighted by atomic mass is 10.1. The number of hydrogen-bond donors (Lipinski definition) is 2. The lowest BCUT2D eigenvalue weighted by molar-refractivity contribution is 0.0936. The highest BCUT2D eigenvalue weighted by molar-refractivity contribution is 6.06. The van der Waals surface area contributed by atoms with E-state index in [0.717, 1.165) is 12.2 Å². The summed E-state index contributed by atoms with van der Waals surface area (Å²) in [5.74, 6) is 0.675. The zero-order valence-electron chi connectivity index (χ0n) is 22.8. The summed E-state index contributed by atoms with van der Waals surface area (Å²) in [4.78, 5) is 25.2. The highest BCUT2D eigenvalue weighted by atomic mass is 16.5. The number of hydrogen-bond acceptors (Lipinski definition) is 5. The lowest BCUT2D eigenvalue weighted by Gasteiger charge is -2.13. The molecule has 2 rings (SSSR count). The Hall–Kier alpha value is -3.06. The Morgan fingerprint density at radius 1 is 0.730 bits per heavy atom. The SMILES string of the molecule is CCCCCCCCCCCCOc1ccc(C(=O)Nc2cc(C(=O)NCCOC)ccc2OC)cc1. The molecule has 0 saturated carbocycles. The second kappa shape index (κ2) is 18.2. The molecule has 0 saturated heterocycles. The maximum Gasteiger partial charge on any atom is 0.255 e. The van der Waals surface area contributed by atoms with Crippen molar-refractivity contribution in [3.63, 3.8) is 0 Å². The van der Waals surface area contributed by atoms with Crippen LogP contribution in [0.4, 0.5) is 5.69 Å². The Kier molecular flexibility index (Phi) is 14.9. The predicted octanol–water partition coefficient (Wildman–Crippen LogP) is 6.62. The number of unbranched alkanes of at least 4 members (excludes halogenated alkanes) is 9. The molecule has 0 aliphatic rings. The fraction of sp³-hybridized carbons (Fsp3) is 0.533. The zero-order valence-corrected chi connectivity index (χ0v) is 22.8. The van der Waals surface area contributed by atoms with E-state index in [1.807, 2.05) is 12.1 Å². The third-order valence-electron chi connectivity index (χ3n) is 6.18. The maximum absolute atomic E-state index is 12.8. The summed E-state index contributed by atoms with van der Waals surface area (Å²) in [5.41, 5.74) is 1.33. The van der Waals surface area contributed by atoms with Gasteiger partial charge in [-0.1, -0.05) is 64.7 Å². The van der Waals surface area contributed by atoms with Crippen molar-refractivity contribution in [1.82, 2.24) is 5.32 Å². The van der Waals surface area contributed by atoms with Crippen molar-refractivity contribution >= 4 is 17.5 Å². The molecule has 0 spiro atoms. The van der Waals surface area contributed by atoms with Gasteiger partial charge in [0.1, 0.15) is 11.5 Å². The van der Waals surface area contributed by atoms with E-state index in [0.29, 0.717) is 42.3 Å². The van der Waals surface area contributed by atoms with Gasteiger partial charge >= 0.3 is 0 Å². The van der Waals surface area contributed by atoms with Gasteiger partial charge in [0.2, 0.25) is 0 Å². The Bertz CT molecular complexity index is 930. The summed E-state index contributed by atoms with van der Waals surface area (Å²) in [5, 5.41) is 5.61. The number of amides is 2. The van der Waals surface area contributed by atoms with Gasteiger partial charge in [-0.15, -0.1) is 0 Å². The number of carbonyl (C=O) groups is 2. The monoisotopic (exact) mass is 512 g/mol. The molecule has 2 aromatic rings. The Morgan fingerprint density at radius 2 is 1.35 bits per heavy atom. The molecule has 0 bridgehead atoms. The zero-order chi connectivity index (χ0) is 26.7. The second-order valence-electron chi connectivity index (χ2n) is 9.17.